The summed E-state index contributed by atoms with van der Waals surface area (Å²) in [6.45, 7) is 2.65. The molecule has 0 saturated carbocycles. The average Bonchev–Trinajstić information content (AvgIpc) is 2.60. The SMILES string of the molecule is Cl.O=C(NCCN1CCNCC1)c1cc(OCC(F)(F)F)ccc1[N+](=O)[O-]. The smallest absolute Gasteiger partial charge is 0.422 e. The number of rotatable bonds is 7. The van der Waals surface area contributed by atoms with E-state index in [4.69, 9.17) is 0 Å². The molecule has 1 aliphatic heterocycles. The highest BCUT2D eigenvalue weighted by Crippen LogP contribution is 2.25. The van der Waals surface area contributed by atoms with E-state index in [1.165, 1.54) is 0 Å². The molecule has 1 aromatic rings. The Morgan fingerprint density at radius 2 is 2.00 bits per heavy atom. The number of alkyl halides is 3. The predicted octanol–water partition coefficient (Wildman–Crippen LogP) is 1.59. The number of carbonyl (C=O) groups is 1. The normalized spacial score (nSPS) is 14.9. The number of nitrogens with zero attached hydrogens (tertiary/aromatic N) is 2. The van der Waals surface area contributed by atoms with Crippen molar-refractivity contribution in [1.82, 2.24) is 15.5 Å². The number of nitrogens with one attached hydrogen (secondary N) is 2. The Labute approximate surface area is 159 Å². The van der Waals surface area contributed by atoms with Crippen LogP contribution in [0.4, 0.5) is 18.9 Å². The van der Waals surface area contributed by atoms with Gasteiger partial charge in [0.05, 0.1) is 4.92 Å². The fraction of sp³-hybridized carbons (Fsp3) is 0.533. The van der Waals surface area contributed by atoms with E-state index in [1.807, 2.05) is 0 Å². The Balaban J connectivity index is 0.00000364. The highest BCUT2D eigenvalue weighted by atomic mass is 35.5. The third-order valence-corrected chi connectivity index (χ3v) is 3.74. The van der Waals surface area contributed by atoms with E-state index in [2.05, 4.69) is 20.3 Å². The van der Waals surface area contributed by atoms with Crippen molar-refractivity contribution in [2.75, 3.05) is 45.9 Å². The highest BCUT2D eigenvalue weighted by Gasteiger charge is 2.29. The molecule has 0 bridgehead atoms. The molecule has 1 fully saturated rings. The van der Waals surface area contributed by atoms with Crippen LogP contribution < -0.4 is 15.4 Å². The Kier molecular flexibility index (Phi) is 8.73. The lowest BCUT2D eigenvalue weighted by Crippen LogP contribution is -2.46. The molecular formula is C15H20ClF3N4O4. The van der Waals surface area contributed by atoms with Gasteiger partial charge in [0, 0.05) is 45.3 Å². The van der Waals surface area contributed by atoms with Gasteiger partial charge < -0.3 is 15.4 Å². The van der Waals surface area contributed by atoms with E-state index in [0.717, 1.165) is 44.4 Å². The molecule has 1 heterocycles. The maximum absolute atomic E-state index is 12.2. The van der Waals surface area contributed by atoms with Crippen LogP contribution in [0.25, 0.3) is 0 Å². The van der Waals surface area contributed by atoms with Gasteiger partial charge in [-0.25, -0.2) is 0 Å². The average molecular weight is 413 g/mol. The quantitative estimate of drug-likeness (QED) is 0.521. The summed E-state index contributed by atoms with van der Waals surface area (Å²) in [6.07, 6.45) is -4.55. The molecule has 0 unspecified atom stereocenters. The van der Waals surface area contributed by atoms with E-state index in [1.54, 1.807) is 0 Å². The first-order chi connectivity index (χ1) is 12.3. The Morgan fingerprint density at radius 3 is 2.59 bits per heavy atom. The number of piperazine rings is 1. The van der Waals surface area contributed by atoms with E-state index >= 15 is 0 Å². The monoisotopic (exact) mass is 412 g/mol. The molecule has 2 rings (SSSR count). The molecule has 27 heavy (non-hydrogen) atoms. The zero-order chi connectivity index (χ0) is 19.2. The maximum Gasteiger partial charge on any atom is 0.422 e. The molecule has 1 amide bonds. The number of nitro groups is 1. The fourth-order valence-electron chi connectivity index (χ4n) is 2.47. The van der Waals surface area contributed by atoms with Crippen LogP contribution >= 0.6 is 12.4 Å². The van der Waals surface area contributed by atoms with Crippen LogP contribution in [0, 0.1) is 10.1 Å². The largest absolute Gasteiger partial charge is 0.484 e. The lowest BCUT2D eigenvalue weighted by molar-refractivity contribution is -0.385. The third-order valence-electron chi connectivity index (χ3n) is 3.74. The predicted molar refractivity (Wildman–Crippen MR) is 93.5 cm³/mol. The molecule has 0 spiro atoms. The van der Waals surface area contributed by atoms with Crippen molar-refractivity contribution in [1.29, 1.82) is 0 Å². The summed E-state index contributed by atoms with van der Waals surface area (Å²) in [5, 5.41) is 16.8. The first kappa shape index (κ1) is 22.9. The summed E-state index contributed by atoms with van der Waals surface area (Å²) in [7, 11) is 0. The molecule has 1 aliphatic rings. The Morgan fingerprint density at radius 1 is 1.33 bits per heavy atom. The van der Waals surface area contributed by atoms with Crippen molar-refractivity contribution >= 4 is 24.0 Å². The van der Waals surface area contributed by atoms with Crippen LogP contribution in [0.2, 0.25) is 0 Å². The second kappa shape index (κ2) is 10.3. The van der Waals surface area contributed by atoms with Crippen LogP contribution in [0.3, 0.4) is 0 Å². The number of hydrogen-bond donors (Lipinski definition) is 2. The summed E-state index contributed by atoms with van der Waals surface area (Å²) in [4.78, 5) is 24.7. The van der Waals surface area contributed by atoms with Crippen molar-refractivity contribution in [2.24, 2.45) is 0 Å². The van der Waals surface area contributed by atoms with Crippen molar-refractivity contribution in [3.05, 3.63) is 33.9 Å². The van der Waals surface area contributed by atoms with Gasteiger partial charge in [-0.05, 0) is 12.1 Å². The summed E-state index contributed by atoms with van der Waals surface area (Å²) < 4.78 is 41.2. The second-order valence-corrected chi connectivity index (χ2v) is 5.69. The molecule has 0 radical (unpaired) electrons. The van der Waals surface area contributed by atoms with Crippen molar-refractivity contribution in [3.63, 3.8) is 0 Å². The molecule has 0 atom stereocenters. The van der Waals surface area contributed by atoms with Crippen LogP contribution in [-0.2, 0) is 0 Å². The molecule has 0 aromatic heterocycles. The van der Waals surface area contributed by atoms with Crippen molar-refractivity contribution < 1.29 is 27.6 Å². The number of hydrogen-bond acceptors (Lipinski definition) is 6. The standard InChI is InChI=1S/C15H19F3N4O4.ClH/c16-15(17,18)10-26-11-1-2-13(22(24)25)12(9-11)14(23)20-5-8-21-6-3-19-4-7-21;/h1-2,9,19H,3-8,10H2,(H,20,23);1H. The minimum absolute atomic E-state index is 0. The Bertz CT molecular complexity index is 654. The number of benzene rings is 1. The number of carbonyl (C=O) groups excluding carboxylic acids is 1. The van der Waals surface area contributed by atoms with Gasteiger partial charge in [-0.15, -0.1) is 12.4 Å². The van der Waals surface area contributed by atoms with E-state index in [0.29, 0.717) is 6.54 Å². The summed E-state index contributed by atoms with van der Waals surface area (Å²) in [5.41, 5.74) is -0.834. The first-order valence-electron chi connectivity index (χ1n) is 7.95. The van der Waals surface area contributed by atoms with Crippen LogP contribution in [0.1, 0.15) is 10.4 Å². The molecule has 152 valence electrons. The van der Waals surface area contributed by atoms with Gasteiger partial charge in [0.2, 0.25) is 0 Å². The van der Waals surface area contributed by atoms with Crippen LogP contribution in [-0.4, -0.2) is 67.8 Å². The maximum atomic E-state index is 12.2. The van der Waals surface area contributed by atoms with Gasteiger partial charge in [-0.2, -0.15) is 13.2 Å². The van der Waals surface area contributed by atoms with Gasteiger partial charge in [-0.1, -0.05) is 0 Å². The van der Waals surface area contributed by atoms with Crippen molar-refractivity contribution in [2.45, 2.75) is 6.18 Å². The topological polar surface area (TPSA) is 96.7 Å². The van der Waals surface area contributed by atoms with Gasteiger partial charge in [0.1, 0.15) is 11.3 Å². The summed E-state index contributed by atoms with van der Waals surface area (Å²) in [5.74, 6) is -0.996. The van der Waals surface area contributed by atoms with Crippen LogP contribution in [0.5, 0.6) is 5.75 Å². The molecule has 0 aliphatic carbocycles. The number of halogens is 4. The van der Waals surface area contributed by atoms with E-state index < -0.39 is 29.3 Å². The number of amides is 1. The van der Waals surface area contributed by atoms with E-state index in [-0.39, 0.29) is 30.3 Å². The van der Waals surface area contributed by atoms with Gasteiger partial charge in [0.25, 0.3) is 11.6 Å². The van der Waals surface area contributed by atoms with Gasteiger partial charge in [-0.3, -0.25) is 19.8 Å². The van der Waals surface area contributed by atoms with Crippen molar-refractivity contribution in [3.8, 4) is 5.75 Å². The minimum atomic E-state index is -4.55. The van der Waals surface area contributed by atoms with E-state index in [9.17, 15) is 28.1 Å². The molecule has 1 aromatic carbocycles. The van der Waals surface area contributed by atoms with Gasteiger partial charge >= 0.3 is 6.18 Å². The molecule has 1 saturated heterocycles. The summed E-state index contributed by atoms with van der Waals surface area (Å²) >= 11 is 0. The zero-order valence-corrected chi connectivity index (χ0v) is 15.1. The van der Waals surface area contributed by atoms with Gasteiger partial charge in [0.15, 0.2) is 6.61 Å². The zero-order valence-electron chi connectivity index (χ0n) is 14.3. The first-order valence-corrected chi connectivity index (χ1v) is 7.95. The number of nitro benzene ring substituents is 1. The molecule has 8 nitrogen and oxygen atoms in total. The molecule has 12 heteroatoms. The lowest BCUT2D eigenvalue weighted by Gasteiger charge is -2.27. The number of ether oxygens (including phenoxy) is 1. The Hall–Kier alpha value is -2.11. The minimum Gasteiger partial charge on any atom is -0.484 e. The molecule has 2 N–H and O–H groups in total. The third kappa shape index (κ3) is 7.57. The second-order valence-electron chi connectivity index (χ2n) is 5.69. The van der Waals surface area contributed by atoms with Crippen LogP contribution in [0.15, 0.2) is 18.2 Å². The lowest BCUT2D eigenvalue weighted by atomic mass is 10.1. The highest BCUT2D eigenvalue weighted by molar-refractivity contribution is 5.98. The summed E-state index contributed by atoms with van der Waals surface area (Å²) in [6, 6.07) is 2.93. The molecular weight excluding hydrogens is 393 g/mol. The fourth-order valence-corrected chi connectivity index (χ4v) is 2.47.